The number of carbonyl (C=O) groups excluding carboxylic acids is 1. The third-order valence-corrected chi connectivity index (χ3v) is 3.90. The minimum atomic E-state index is -0.333. The Labute approximate surface area is 134 Å². The Hall–Kier alpha value is -2.56. The number of benzene rings is 2. The molecule has 0 fully saturated rings. The van der Waals surface area contributed by atoms with Crippen LogP contribution >= 0.6 is 0 Å². The van der Waals surface area contributed by atoms with Crippen LogP contribution in [0.15, 0.2) is 42.5 Å². The van der Waals surface area contributed by atoms with E-state index in [-0.39, 0.29) is 18.3 Å². The molecule has 2 aromatic rings. The molecule has 1 aliphatic rings. The Morgan fingerprint density at radius 2 is 2.04 bits per heavy atom. The van der Waals surface area contributed by atoms with Gasteiger partial charge in [0.15, 0.2) is 6.61 Å². The molecule has 1 heterocycles. The minimum Gasteiger partial charge on any atom is -0.484 e. The number of ether oxygens (including phenoxy) is 1. The number of hydrogen-bond donors (Lipinski definition) is 1. The third-order valence-electron chi connectivity index (χ3n) is 3.90. The first-order valence-electron chi connectivity index (χ1n) is 7.64. The van der Waals surface area contributed by atoms with E-state index in [1.165, 1.54) is 35.5 Å². The maximum Gasteiger partial charge on any atom is 0.262 e. The first-order chi connectivity index (χ1) is 11.1. The molecule has 1 aliphatic heterocycles. The fourth-order valence-corrected chi connectivity index (χ4v) is 2.74. The lowest BCUT2D eigenvalue weighted by atomic mass is 10.0. The van der Waals surface area contributed by atoms with Crippen molar-refractivity contribution in [2.45, 2.75) is 12.8 Å². The number of fused-ring (bicyclic) bond motifs is 1. The number of aryl methyl sites for hydroxylation is 1. The van der Waals surface area contributed by atoms with Crippen LogP contribution in [0.5, 0.6) is 5.75 Å². The van der Waals surface area contributed by atoms with Crippen LogP contribution in [0.1, 0.15) is 12.0 Å². The number of amides is 1. The Balaban J connectivity index is 1.58. The Bertz CT molecular complexity index is 701. The van der Waals surface area contributed by atoms with Gasteiger partial charge in [-0.2, -0.15) is 0 Å². The summed E-state index contributed by atoms with van der Waals surface area (Å²) < 4.78 is 18.1. The molecule has 1 amide bonds. The van der Waals surface area contributed by atoms with Gasteiger partial charge in [0.25, 0.3) is 5.91 Å². The zero-order valence-electron chi connectivity index (χ0n) is 13.0. The summed E-state index contributed by atoms with van der Waals surface area (Å²) in [5, 5.41) is 2.83. The monoisotopic (exact) mass is 314 g/mol. The molecular weight excluding hydrogens is 295 g/mol. The van der Waals surface area contributed by atoms with E-state index >= 15 is 0 Å². The predicted molar refractivity (Wildman–Crippen MR) is 88.6 cm³/mol. The van der Waals surface area contributed by atoms with E-state index in [0.29, 0.717) is 5.75 Å². The summed E-state index contributed by atoms with van der Waals surface area (Å²) in [7, 11) is 2.08. The van der Waals surface area contributed by atoms with Crippen LogP contribution in [0.3, 0.4) is 0 Å². The normalized spacial score (nSPS) is 13.4. The fraction of sp³-hybridized carbons (Fsp3) is 0.278. The highest BCUT2D eigenvalue weighted by Gasteiger charge is 2.14. The van der Waals surface area contributed by atoms with E-state index in [0.717, 1.165) is 25.1 Å². The average Bonchev–Trinajstić information content (AvgIpc) is 2.54. The number of nitrogens with one attached hydrogen (secondary N) is 1. The minimum absolute atomic E-state index is 0.109. The SMILES string of the molecule is CN1CCCc2cc(NC(=O)COc3ccc(F)cc3)ccc21. The molecule has 4 nitrogen and oxygen atoms in total. The standard InChI is InChI=1S/C18H19FN2O2/c1-21-10-2-3-13-11-15(6-9-17(13)21)20-18(22)12-23-16-7-4-14(19)5-8-16/h4-9,11H,2-3,10,12H2,1H3,(H,20,22). The van der Waals surface area contributed by atoms with Crippen LogP contribution in [0, 0.1) is 5.82 Å². The quantitative estimate of drug-likeness (QED) is 0.942. The summed E-state index contributed by atoms with van der Waals surface area (Å²) in [6, 6.07) is 11.5. The van der Waals surface area contributed by atoms with Gasteiger partial charge < -0.3 is 15.0 Å². The highest BCUT2D eigenvalue weighted by atomic mass is 19.1. The molecule has 2 aromatic carbocycles. The van der Waals surface area contributed by atoms with Crippen molar-refractivity contribution in [2.24, 2.45) is 0 Å². The molecule has 0 unspecified atom stereocenters. The van der Waals surface area contributed by atoms with E-state index in [1.807, 2.05) is 18.2 Å². The predicted octanol–water partition coefficient (Wildman–Crippen LogP) is 3.23. The molecule has 0 spiro atoms. The second-order valence-corrected chi connectivity index (χ2v) is 5.66. The Morgan fingerprint density at radius 3 is 2.83 bits per heavy atom. The zero-order chi connectivity index (χ0) is 16.2. The molecular formula is C18H19FN2O2. The van der Waals surface area contributed by atoms with Gasteiger partial charge >= 0.3 is 0 Å². The van der Waals surface area contributed by atoms with Gasteiger partial charge in [-0.25, -0.2) is 4.39 Å². The molecule has 0 bridgehead atoms. The Morgan fingerprint density at radius 1 is 1.26 bits per heavy atom. The third kappa shape index (κ3) is 3.80. The second-order valence-electron chi connectivity index (χ2n) is 5.66. The maximum atomic E-state index is 12.8. The summed E-state index contributed by atoms with van der Waals surface area (Å²) >= 11 is 0. The van der Waals surface area contributed by atoms with Gasteiger partial charge in [0.05, 0.1) is 0 Å². The topological polar surface area (TPSA) is 41.6 Å². The molecule has 0 radical (unpaired) electrons. The summed E-state index contributed by atoms with van der Waals surface area (Å²) in [5.74, 6) is -0.104. The van der Waals surface area contributed by atoms with Crippen molar-refractivity contribution < 1.29 is 13.9 Å². The average molecular weight is 314 g/mol. The van der Waals surface area contributed by atoms with E-state index in [4.69, 9.17) is 4.74 Å². The first-order valence-corrected chi connectivity index (χ1v) is 7.64. The van der Waals surface area contributed by atoms with Gasteiger partial charge in [-0.15, -0.1) is 0 Å². The highest BCUT2D eigenvalue weighted by molar-refractivity contribution is 5.92. The molecule has 0 aliphatic carbocycles. The van der Waals surface area contributed by atoms with Gasteiger partial charge in [0.2, 0.25) is 0 Å². The van der Waals surface area contributed by atoms with Gasteiger partial charge in [-0.1, -0.05) is 0 Å². The summed E-state index contributed by atoms with van der Waals surface area (Å²) in [5.41, 5.74) is 3.24. The molecule has 0 atom stereocenters. The molecule has 3 rings (SSSR count). The van der Waals surface area contributed by atoms with Crippen molar-refractivity contribution in [3.63, 3.8) is 0 Å². The summed E-state index contributed by atoms with van der Waals surface area (Å²) in [6.07, 6.45) is 2.14. The van der Waals surface area contributed by atoms with Crippen LogP contribution in [0.25, 0.3) is 0 Å². The van der Waals surface area contributed by atoms with Crippen LogP contribution in [0.2, 0.25) is 0 Å². The number of nitrogens with zero attached hydrogens (tertiary/aromatic N) is 1. The zero-order valence-corrected chi connectivity index (χ0v) is 13.0. The lowest BCUT2D eigenvalue weighted by molar-refractivity contribution is -0.118. The van der Waals surface area contributed by atoms with Crippen molar-refractivity contribution in [3.8, 4) is 5.75 Å². The molecule has 23 heavy (non-hydrogen) atoms. The van der Waals surface area contributed by atoms with Crippen molar-refractivity contribution in [1.29, 1.82) is 0 Å². The van der Waals surface area contributed by atoms with Crippen molar-refractivity contribution in [1.82, 2.24) is 0 Å². The lowest BCUT2D eigenvalue weighted by Gasteiger charge is -2.27. The molecule has 120 valence electrons. The van der Waals surface area contributed by atoms with Gasteiger partial charge in [-0.05, 0) is 60.9 Å². The van der Waals surface area contributed by atoms with Crippen LogP contribution in [-0.4, -0.2) is 26.1 Å². The van der Waals surface area contributed by atoms with Crippen LogP contribution in [0.4, 0.5) is 15.8 Å². The summed E-state index contributed by atoms with van der Waals surface area (Å²) in [4.78, 5) is 14.2. The first kappa shape index (κ1) is 15.3. The summed E-state index contributed by atoms with van der Waals surface area (Å²) in [6.45, 7) is 0.951. The molecule has 0 saturated carbocycles. The fourth-order valence-electron chi connectivity index (χ4n) is 2.74. The molecule has 0 aromatic heterocycles. The van der Waals surface area contributed by atoms with E-state index in [2.05, 4.69) is 17.3 Å². The van der Waals surface area contributed by atoms with Crippen molar-refractivity contribution in [3.05, 3.63) is 53.8 Å². The highest BCUT2D eigenvalue weighted by Crippen LogP contribution is 2.28. The van der Waals surface area contributed by atoms with Crippen LogP contribution < -0.4 is 15.0 Å². The van der Waals surface area contributed by atoms with Crippen molar-refractivity contribution in [2.75, 3.05) is 30.4 Å². The molecule has 5 heteroatoms. The number of carbonyl (C=O) groups is 1. The van der Waals surface area contributed by atoms with Gasteiger partial charge in [0, 0.05) is 25.0 Å². The van der Waals surface area contributed by atoms with Gasteiger partial charge in [-0.3, -0.25) is 4.79 Å². The maximum absolute atomic E-state index is 12.8. The van der Waals surface area contributed by atoms with Crippen molar-refractivity contribution >= 4 is 17.3 Å². The van der Waals surface area contributed by atoms with E-state index < -0.39 is 0 Å². The van der Waals surface area contributed by atoms with Crippen LogP contribution in [-0.2, 0) is 11.2 Å². The number of hydrogen-bond acceptors (Lipinski definition) is 3. The molecule has 1 N–H and O–H groups in total. The second kappa shape index (κ2) is 6.69. The molecule has 0 saturated heterocycles. The van der Waals surface area contributed by atoms with E-state index in [1.54, 1.807) is 0 Å². The number of rotatable bonds is 4. The largest absolute Gasteiger partial charge is 0.484 e. The van der Waals surface area contributed by atoms with Gasteiger partial charge in [0.1, 0.15) is 11.6 Å². The van der Waals surface area contributed by atoms with E-state index in [9.17, 15) is 9.18 Å². The smallest absolute Gasteiger partial charge is 0.262 e. The number of anilines is 2. The Kier molecular flexibility index (Phi) is 4.46. The number of halogens is 1. The lowest BCUT2D eigenvalue weighted by Crippen LogP contribution is -2.25.